The second kappa shape index (κ2) is 5.45. The van der Waals surface area contributed by atoms with Crippen LogP contribution in [0.15, 0.2) is 12.4 Å². The Bertz CT molecular complexity index is 416. The first kappa shape index (κ1) is 12.9. The quantitative estimate of drug-likeness (QED) is 0.887. The lowest BCUT2D eigenvalue weighted by Gasteiger charge is -2.44. The van der Waals surface area contributed by atoms with Crippen LogP contribution in [-0.4, -0.2) is 23.1 Å². The maximum absolute atomic E-state index is 5.64. The molecule has 0 aromatic carbocycles. The maximum atomic E-state index is 5.64. The normalized spacial score (nSPS) is 22.7. The number of anilines is 1. The third-order valence-corrected chi connectivity index (χ3v) is 4.94. The SMILES string of the molecule is NCc1cncc(N2CCC3(CCCCC3)CC2)n1. The lowest BCUT2D eigenvalue weighted by atomic mass is 9.68. The minimum atomic E-state index is 0.471. The van der Waals surface area contributed by atoms with Crippen LogP contribution in [0.3, 0.4) is 0 Å². The van der Waals surface area contributed by atoms with Gasteiger partial charge in [-0.25, -0.2) is 4.98 Å². The summed E-state index contributed by atoms with van der Waals surface area (Å²) in [5.74, 6) is 1.01. The summed E-state index contributed by atoms with van der Waals surface area (Å²) in [7, 11) is 0. The minimum Gasteiger partial charge on any atom is -0.355 e. The molecule has 1 saturated heterocycles. The van der Waals surface area contributed by atoms with E-state index in [0.29, 0.717) is 12.0 Å². The second-order valence-corrected chi connectivity index (χ2v) is 6.12. The standard InChI is InChI=1S/C15H24N4/c16-10-13-11-17-12-14(18-13)19-8-6-15(7-9-19)4-2-1-3-5-15/h11-12H,1-10,16H2. The summed E-state index contributed by atoms with van der Waals surface area (Å²) in [6.07, 6.45) is 13.5. The third kappa shape index (κ3) is 2.73. The molecule has 0 radical (unpaired) electrons. The number of nitrogens with zero attached hydrogens (tertiary/aromatic N) is 3. The van der Waals surface area contributed by atoms with Crippen molar-refractivity contribution in [2.24, 2.45) is 11.1 Å². The first-order chi connectivity index (χ1) is 9.31. The summed E-state index contributed by atoms with van der Waals surface area (Å²) in [4.78, 5) is 11.2. The van der Waals surface area contributed by atoms with E-state index in [0.717, 1.165) is 24.6 Å². The van der Waals surface area contributed by atoms with Crippen molar-refractivity contribution < 1.29 is 0 Å². The van der Waals surface area contributed by atoms with Gasteiger partial charge in [-0.15, -0.1) is 0 Å². The number of piperidine rings is 1. The van der Waals surface area contributed by atoms with Gasteiger partial charge in [-0.3, -0.25) is 4.98 Å². The van der Waals surface area contributed by atoms with Gasteiger partial charge in [0.15, 0.2) is 0 Å². The maximum Gasteiger partial charge on any atom is 0.147 e. The fourth-order valence-electron chi connectivity index (χ4n) is 3.66. The average Bonchev–Trinajstić information content (AvgIpc) is 2.49. The predicted molar refractivity (Wildman–Crippen MR) is 76.9 cm³/mol. The lowest BCUT2D eigenvalue weighted by Crippen LogP contribution is -2.41. The zero-order valence-corrected chi connectivity index (χ0v) is 11.6. The number of nitrogens with two attached hydrogens (primary N) is 1. The monoisotopic (exact) mass is 260 g/mol. The molecule has 4 heteroatoms. The molecule has 1 aromatic heterocycles. The Morgan fingerprint density at radius 3 is 2.47 bits per heavy atom. The Balaban J connectivity index is 1.65. The molecule has 1 saturated carbocycles. The molecule has 1 spiro atoms. The molecule has 3 rings (SSSR count). The third-order valence-electron chi connectivity index (χ3n) is 4.94. The van der Waals surface area contributed by atoms with Crippen LogP contribution in [0.25, 0.3) is 0 Å². The molecular weight excluding hydrogens is 236 g/mol. The summed E-state index contributed by atoms with van der Waals surface area (Å²) in [6.45, 7) is 2.73. The van der Waals surface area contributed by atoms with Gasteiger partial charge in [-0.1, -0.05) is 19.3 Å². The summed E-state index contributed by atoms with van der Waals surface area (Å²) in [5.41, 5.74) is 7.17. The molecular formula is C15H24N4. The smallest absolute Gasteiger partial charge is 0.147 e. The topological polar surface area (TPSA) is 55.0 Å². The molecule has 0 amide bonds. The largest absolute Gasteiger partial charge is 0.355 e. The highest BCUT2D eigenvalue weighted by Crippen LogP contribution is 2.44. The highest BCUT2D eigenvalue weighted by molar-refractivity contribution is 5.37. The van der Waals surface area contributed by atoms with E-state index in [1.807, 2.05) is 6.20 Å². The summed E-state index contributed by atoms with van der Waals surface area (Å²) < 4.78 is 0. The average molecular weight is 260 g/mol. The van der Waals surface area contributed by atoms with E-state index < -0.39 is 0 Å². The molecule has 2 heterocycles. The molecule has 19 heavy (non-hydrogen) atoms. The van der Waals surface area contributed by atoms with Gasteiger partial charge in [0, 0.05) is 25.8 Å². The van der Waals surface area contributed by atoms with E-state index >= 15 is 0 Å². The number of hydrogen-bond acceptors (Lipinski definition) is 4. The molecule has 0 unspecified atom stereocenters. The van der Waals surface area contributed by atoms with Crippen LogP contribution < -0.4 is 10.6 Å². The zero-order valence-electron chi connectivity index (χ0n) is 11.6. The van der Waals surface area contributed by atoms with E-state index in [1.54, 1.807) is 6.20 Å². The van der Waals surface area contributed by atoms with E-state index in [2.05, 4.69) is 14.9 Å². The van der Waals surface area contributed by atoms with Crippen LogP contribution in [0, 0.1) is 5.41 Å². The van der Waals surface area contributed by atoms with E-state index in [-0.39, 0.29) is 0 Å². The van der Waals surface area contributed by atoms with Crippen molar-refractivity contribution in [3.05, 3.63) is 18.1 Å². The summed E-state index contributed by atoms with van der Waals surface area (Å²) in [6, 6.07) is 0. The molecule has 0 atom stereocenters. The fourth-order valence-corrected chi connectivity index (χ4v) is 3.66. The fraction of sp³-hybridized carbons (Fsp3) is 0.733. The first-order valence-electron chi connectivity index (χ1n) is 7.57. The molecule has 2 aliphatic rings. The van der Waals surface area contributed by atoms with E-state index in [1.165, 1.54) is 44.9 Å². The molecule has 2 fully saturated rings. The van der Waals surface area contributed by atoms with Crippen LogP contribution in [-0.2, 0) is 6.54 Å². The van der Waals surface area contributed by atoms with Crippen molar-refractivity contribution in [1.29, 1.82) is 0 Å². The second-order valence-electron chi connectivity index (χ2n) is 6.12. The first-order valence-corrected chi connectivity index (χ1v) is 7.57. The summed E-state index contributed by atoms with van der Waals surface area (Å²) >= 11 is 0. The van der Waals surface area contributed by atoms with Crippen LogP contribution in [0.5, 0.6) is 0 Å². The Labute approximate surface area is 115 Å². The van der Waals surface area contributed by atoms with Crippen LogP contribution in [0.4, 0.5) is 5.82 Å². The highest BCUT2D eigenvalue weighted by Gasteiger charge is 2.35. The molecule has 1 aromatic rings. The van der Waals surface area contributed by atoms with Crippen molar-refractivity contribution in [2.45, 2.75) is 51.5 Å². The van der Waals surface area contributed by atoms with E-state index in [9.17, 15) is 0 Å². The molecule has 4 nitrogen and oxygen atoms in total. The Kier molecular flexibility index (Phi) is 3.69. The summed E-state index contributed by atoms with van der Waals surface area (Å²) in [5, 5.41) is 0. The Morgan fingerprint density at radius 1 is 1.05 bits per heavy atom. The highest BCUT2D eigenvalue weighted by atomic mass is 15.2. The van der Waals surface area contributed by atoms with Crippen LogP contribution >= 0.6 is 0 Å². The van der Waals surface area contributed by atoms with Gasteiger partial charge < -0.3 is 10.6 Å². The van der Waals surface area contributed by atoms with Crippen molar-refractivity contribution in [2.75, 3.05) is 18.0 Å². The van der Waals surface area contributed by atoms with Gasteiger partial charge in [0.25, 0.3) is 0 Å². The Morgan fingerprint density at radius 2 is 1.79 bits per heavy atom. The van der Waals surface area contributed by atoms with Gasteiger partial charge >= 0.3 is 0 Å². The van der Waals surface area contributed by atoms with Crippen molar-refractivity contribution in [3.63, 3.8) is 0 Å². The molecule has 0 bridgehead atoms. The number of aromatic nitrogens is 2. The zero-order chi connectivity index (χ0) is 13.1. The van der Waals surface area contributed by atoms with Crippen molar-refractivity contribution in [1.82, 2.24) is 9.97 Å². The predicted octanol–water partition coefficient (Wildman–Crippen LogP) is 2.49. The number of hydrogen-bond donors (Lipinski definition) is 1. The van der Waals surface area contributed by atoms with E-state index in [4.69, 9.17) is 5.73 Å². The minimum absolute atomic E-state index is 0.471. The molecule has 104 valence electrons. The number of rotatable bonds is 2. The van der Waals surface area contributed by atoms with Gasteiger partial charge in [-0.2, -0.15) is 0 Å². The molecule has 1 aliphatic carbocycles. The van der Waals surface area contributed by atoms with Crippen LogP contribution in [0.1, 0.15) is 50.6 Å². The Hall–Kier alpha value is -1.16. The van der Waals surface area contributed by atoms with Gasteiger partial charge in [0.05, 0.1) is 11.9 Å². The van der Waals surface area contributed by atoms with Gasteiger partial charge in [0.2, 0.25) is 0 Å². The van der Waals surface area contributed by atoms with Crippen molar-refractivity contribution >= 4 is 5.82 Å². The lowest BCUT2D eigenvalue weighted by molar-refractivity contribution is 0.144. The van der Waals surface area contributed by atoms with Crippen molar-refractivity contribution in [3.8, 4) is 0 Å². The van der Waals surface area contributed by atoms with Gasteiger partial charge in [0.1, 0.15) is 5.82 Å². The molecule has 1 aliphatic heterocycles. The van der Waals surface area contributed by atoms with Gasteiger partial charge in [-0.05, 0) is 31.1 Å². The molecule has 2 N–H and O–H groups in total. The van der Waals surface area contributed by atoms with Crippen LogP contribution in [0.2, 0.25) is 0 Å².